The van der Waals surface area contributed by atoms with Crippen molar-refractivity contribution in [3.05, 3.63) is 64.6 Å². The standard InChI is InChI=1S/C17H22N2O/c1-17(2,3)14-7-9-15(10-8-14)18-11-13-19-12-5-4-6-16(19)20/h4-10,12,18H,11,13H2,1-3H3. The lowest BCUT2D eigenvalue weighted by Crippen LogP contribution is -2.22. The maximum absolute atomic E-state index is 11.6. The molecule has 0 radical (unpaired) electrons. The second-order valence-corrected chi connectivity index (χ2v) is 5.99. The smallest absolute Gasteiger partial charge is 0.250 e. The molecule has 0 bridgehead atoms. The molecule has 0 saturated heterocycles. The Morgan fingerprint density at radius 3 is 2.35 bits per heavy atom. The molecule has 3 nitrogen and oxygen atoms in total. The molecule has 20 heavy (non-hydrogen) atoms. The van der Waals surface area contributed by atoms with Gasteiger partial charge in [0.15, 0.2) is 0 Å². The van der Waals surface area contributed by atoms with E-state index >= 15 is 0 Å². The molecule has 0 unspecified atom stereocenters. The lowest BCUT2D eigenvalue weighted by atomic mass is 9.87. The van der Waals surface area contributed by atoms with E-state index in [0.29, 0.717) is 6.54 Å². The van der Waals surface area contributed by atoms with Crippen molar-refractivity contribution < 1.29 is 0 Å². The first-order valence-corrected chi connectivity index (χ1v) is 6.97. The van der Waals surface area contributed by atoms with Gasteiger partial charge in [-0.15, -0.1) is 0 Å². The highest BCUT2D eigenvalue weighted by Gasteiger charge is 2.12. The topological polar surface area (TPSA) is 34.0 Å². The molecule has 2 aromatic rings. The fraction of sp³-hybridized carbons (Fsp3) is 0.353. The zero-order chi connectivity index (χ0) is 14.6. The Labute approximate surface area is 120 Å². The minimum absolute atomic E-state index is 0.0392. The molecule has 1 N–H and O–H groups in total. The predicted octanol–water partition coefficient (Wildman–Crippen LogP) is 3.26. The first kappa shape index (κ1) is 14.4. The van der Waals surface area contributed by atoms with Gasteiger partial charge in [-0.2, -0.15) is 0 Å². The van der Waals surface area contributed by atoms with Gasteiger partial charge in [0.25, 0.3) is 5.56 Å². The monoisotopic (exact) mass is 270 g/mol. The molecular formula is C17H22N2O. The molecule has 0 fully saturated rings. The molecule has 0 aliphatic heterocycles. The number of pyridine rings is 1. The van der Waals surface area contributed by atoms with E-state index in [0.717, 1.165) is 12.2 Å². The average Bonchev–Trinajstić information content (AvgIpc) is 2.40. The number of rotatable bonds is 4. The van der Waals surface area contributed by atoms with Crippen molar-refractivity contribution in [1.82, 2.24) is 4.57 Å². The molecular weight excluding hydrogens is 248 g/mol. The van der Waals surface area contributed by atoms with Crippen molar-refractivity contribution in [2.45, 2.75) is 32.7 Å². The minimum atomic E-state index is 0.0392. The van der Waals surface area contributed by atoms with Crippen LogP contribution in [0.4, 0.5) is 5.69 Å². The fourth-order valence-electron chi connectivity index (χ4n) is 2.05. The van der Waals surface area contributed by atoms with Crippen molar-refractivity contribution >= 4 is 5.69 Å². The summed E-state index contributed by atoms with van der Waals surface area (Å²) in [5.74, 6) is 0. The number of benzene rings is 1. The summed E-state index contributed by atoms with van der Waals surface area (Å²) >= 11 is 0. The lowest BCUT2D eigenvalue weighted by molar-refractivity contribution is 0.590. The van der Waals surface area contributed by atoms with Crippen molar-refractivity contribution in [3.8, 4) is 0 Å². The zero-order valence-corrected chi connectivity index (χ0v) is 12.4. The number of anilines is 1. The summed E-state index contributed by atoms with van der Waals surface area (Å²) in [5, 5.41) is 3.34. The summed E-state index contributed by atoms with van der Waals surface area (Å²) in [6.07, 6.45) is 1.81. The maximum atomic E-state index is 11.6. The van der Waals surface area contributed by atoms with Gasteiger partial charge in [-0.05, 0) is 29.2 Å². The number of nitrogens with one attached hydrogen (secondary N) is 1. The van der Waals surface area contributed by atoms with Crippen molar-refractivity contribution in [1.29, 1.82) is 0 Å². The Bertz CT molecular complexity index is 606. The molecule has 0 saturated carbocycles. The van der Waals surface area contributed by atoms with E-state index < -0.39 is 0 Å². The summed E-state index contributed by atoms with van der Waals surface area (Å²) in [7, 11) is 0. The van der Waals surface area contributed by atoms with Gasteiger partial charge in [0.2, 0.25) is 0 Å². The van der Waals surface area contributed by atoms with Crippen LogP contribution in [0.3, 0.4) is 0 Å². The third-order valence-corrected chi connectivity index (χ3v) is 3.33. The average molecular weight is 270 g/mol. The summed E-state index contributed by atoms with van der Waals surface area (Å²) in [6, 6.07) is 13.7. The highest BCUT2D eigenvalue weighted by molar-refractivity contribution is 5.45. The van der Waals surface area contributed by atoms with Crippen LogP contribution in [-0.4, -0.2) is 11.1 Å². The molecule has 0 atom stereocenters. The van der Waals surface area contributed by atoms with E-state index in [9.17, 15) is 4.79 Å². The van der Waals surface area contributed by atoms with Gasteiger partial charge in [-0.25, -0.2) is 0 Å². The molecule has 2 rings (SSSR count). The Morgan fingerprint density at radius 2 is 1.75 bits per heavy atom. The van der Waals surface area contributed by atoms with Gasteiger partial charge in [-0.1, -0.05) is 39.0 Å². The number of hydrogen-bond donors (Lipinski definition) is 1. The van der Waals surface area contributed by atoms with Crippen LogP contribution < -0.4 is 10.9 Å². The first-order chi connectivity index (χ1) is 9.47. The Morgan fingerprint density at radius 1 is 1.05 bits per heavy atom. The van der Waals surface area contributed by atoms with Crippen LogP contribution in [0.1, 0.15) is 26.3 Å². The molecule has 0 aliphatic carbocycles. The van der Waals surface area contributed by atoms with E-state index in [-0.39, 0.29) is 11.0 Å². The molecule has 1 aromatic carbocycles. The van der Waals surface area contributed by atoms with Gasteiger partial charge in [0, 0.05) is 31.0 Å². The number of aromatic nitrogens is 1. The lowest BCUT2D eigenvalue weighted by Gasteiger charge is -2.19. The molecule has 1 heterocycles. The minimum Gasteiger partial charge on any atom is -0.383 e. The van der Waals surface area contributed by atoms with Gasteiger partial charge in [-0.3, -0.25) is 4.79 Å². The van der Waals surface area contributed by atoms with Crippen molar-refractivity contribution in [2.75, 3.05) is 11.9 Å². The molecule has 0 amide bonds. The predicted molar refractivity (Wildman–Crippen MR) is 84.3 cm³/mol. The summed E-state index contributed by atoms with van der Waals surface area (Å²) in [5.41, 5.74) is 2.62. The maximum Gasteiger partial charge on any atom is 0.250 e. The van der Waals surface area contributed by atoms with E-state index in [1.54, 1.807) is 16.7 Å². The third-order valence-electron chi connectivity index (χ3n) is 3.33. The number of nitrogens with zero attached hydrogens (tertiary/aromatic N) is 1. The normalized spacial score (nSPS) is 11.3. The summed E-state index contributed by atoms with van der Waals surface area (Å²) < 4.78 is 1.70. The molecule has 1 aromatic heterocycles. The van der Waals surface area contributed by atoms with Crippen LogP contribution >= 0.6 is 0 Å². The largest absolute Gasteiger partial charge is 0.383 e. The van der Waals surface area contributed by atoms with Crippen LogP contribution in [0.15, 0.2) is 53.5 Å². The van der Waals surface area contributed by atoms with E-state index in [4.69, 9.17) is 0 Å². The third kappa shape index (κ3) is 3.73. The van der Waals surface area contributed by atoms with E-state index in [1.807, 2.05) is 12.3 Å². The Hall–Kier alpha value is -2.03. The summed E-state index contributed by atoms with van der Waals surface area (Å²) in [4.78, 5) is 11.6. The highest BCUT2D eigenvalue weighted by atomic mass is 16.1. The zero-order valence-electron chi connectivity index (χ0n) is 12.4. The quantitative estimate of drug-likeness (QED) is 0.925. The Balaban J connectivity index is 1.92. The van der Waals surface area contributed by atoms with Gasteiger partial charge in [0.1, 0.15) is 0 Å². The van der Waals surface area contributed by atoms with Gasteiger partial charge < -0.3 is 9.88 Å². The highest BCUT2D eigenvalue weighted by Crippen LogP contribution is 2.23. The van der Waals surface area contributed by atoms with Crippen LogP contribution in [0.5, 0.6) is 0 Å². The van der Waals surface area contributed by atoms with Gasteiger partial charge in [0.05, 0.1) is 0 Å². The first-order valence-electron chi connectivity index (χ1n) is 6.97. The fourth-order valence-corrected chi connectivity index (χ4v) is 2.05. The van der Waals surface area contributed by atoms with E-state index in [2.05, 4.69) is 50.4 Å². The molecule has 0 aliphatic rings. The molecule has 106 valence electrons. The number of hydrogen-bond acceptors (Lipinski definition) is 2. The van der Waals surface area contributed by atoms with Crippen molar-refractivity contribution in [2.24, 2.45) is 0 Å². The van der Waals surface area contributed by atoms with Gasteiger partial charge >= 0.3 is 0 Å². The molecule has 3 heteroatoms. The Kier molecular flexibility index (Phi) is 4.28. The van der Waals surface area contributed by atoms with Crippen LogP contribution in [0.2, 0.25) is 0 Å². The van der Waals surface area contributed by atoms with Crippen LogP contribution in [0.25, 0.3) is 0 Å². The van der Waals surface area contributed by atoms with Crippen LogP contribution in [-0.2, 0) is 12.0 Å². The van der Waals surface area contributed by atoms with Crippen molar-refractivity contribution in [3.63, 3.8) is 0 Å². The second-order valence-electron chi connectivity index (χ2n) is 5.99. The van der Waals surface area contributed by atoms with E-state index in [1.165, 1.54) is 5.56 Å². The molecule has 0 spiro atoms. The second kappa shape index (κ2) is 5.95. The SMILES string of the molecule is CC(C)(C)c1ccc(NCCn2ccccc2=O)cc1. The van der Waals surface area contributed by atoms with Crippen LogP contribution in [0, 0.1) is 0 Å². The summed E-state index contributed by atoms with van der Waals surface area (Å²) in [6.45, 7) is 8.02.